The van der Waals surface area contributed by atoms with E-state index in [4.69, 9.17) is 10.2 Å². The maximum atomic E-state index is 9.05. The third-order valence-corrected chi connectivity index (χ3v) is 3.50. The quantitative estimate of drug-likeness (QED) is 0.837. The molecule has 0 atom stereocenters. The highest BCUT2D eigenvalue weighted by Gasteiger charge is 2.08. The van der Waals surface area contributed by atoms with E-state index >= 15 is 0 Å². The van der Waals surface area contributed by atoms with Crippen LogP contribution in [-0.4, -0.2) is 10.2 Å². The molecule has 13 heavy (non-hydrogen) atoms. The van der Waals surface area contributed by atoms with E-state index in [1.807, 2.05) is 19.9 Å². The van der Waals surface area contributed by atoms with Gasteiger partial charge < -0.3 is 10.2 Å². The maximum absolute atomic E-state index is 9.05. The van der Waals surface area contributed by atoms with Crippen LogP contribution in [0.3, 0.4) is 0 Å². The lowest BCUT2D eigenvalue weighted by molar-refractivity contribution is 0.274. The molecule has 0 saturated heterocycles. The lowest BCUT2D eigenvalue weighted by Gasteiger charge is -2.12. The van der Waals surface area contributed by atoms with Crippen LogP contribution < -0.4 is 0 Å². The van der Waals surface area contributed by atoms with Crippen molar-refractivity contribution in [1.29, 1.82) is 0 Å². The van der Waals surface area contributed by atoms with Gasteiger partial charge in [0.2, 0.25) is 0 Å². The van der Waals surface area contributed by atoms with Crippen LogP contribution in [0.15, 0.2) is 10.5 Å². The van der Waals surface area contributed by atoms with E-state index in [1.54, 1.807) is 0 Å². The van der Waals surface area contributed by atoms with Crippen molar-refractivity contribution in [3.05, 3.63) is 32.8 Å². The van der Waals surface area contributed by atoms with Crippen molar-refractivity contribution in [3.8, 4) is 0 Å². The summed E-state index contributed by atoms with van der Waals surface area (Å²) >= 11 is 3.44. The first-order valence-corrected chi connectivity index (χ1v) is 4.90. The monoisotopic (exact) mass is 244 g/mol. The van der Waals surface area contributed by atoms with Crippen LogP contribution >= 0.6 is 15.9 Å². The minimum Gasteiger partial charge on any atom is -0.392 e. The van der Waals surface area contributed by atoms with Gasteiger partial charge in [0.15, 0.2) is 0 Å². The van der Waals surface area contributed by atoms with Gasteiger partial charge in [-0.3, -0.25) is 0 Å². The van der Waals surface area contributed by atoms with E-state index in [-0.39, 0.29) is 13.2 Å². The Balaban J connectivity index is 3.36. The smallest absolute Gasteiger partial charge is 0.0684 e. The molecule has 0 saturated carbocycles. The number of hydrogen-bond donors (Lipinski definition) is 2. The molecule has 0 unspecified atom stereocenters. The summed E-state index contributed by atoms with van der Waals surface area (Å²) in [7, 11) is 0. The topological polar surface area (TPSA) is 40.5 Å². The summed E-state index contributed by atoms with van der Waals surface area (Å²) in [6.45, 7) is 3.92. The zero-order valence-electron chi connectivity index (χ0n) is 7.76. The Morgan fingerprint density at radius 3 is 1.77 bits per heavy atom. The van der Waals surface area contributed by atoms with Gasteiger partial charge in [-0.15, -0.1) is 0 Å². The second-order valence-corrected chi connectivity index (χ2v) is 3.87. The summed E-state index contributed by atoms with van der Waals surface area (Å²) in [6.07, 6.45) is 0. The van der Waals surface area contributed by atoms with Crippen molar-refractivity contribution in [1.82, 2.24) is 0 Å². The van der Waals surface area contributed by atoms with E-state index in [9.17, 15) is 0 Å². The fraction of sp³-hybridized carbons (Fsp3) is 0.400. The molecular weight excluding hydrogens is 232 g/mol. The van der Waals surface area contributed by atoms with Gasteiger partial charge in [-0.25, -0.2) is 0 Å². The standard InChI is InChI=1S/C10H13BrO2/c1-6-8(4-12)3-9(5-13)7(2)10(6)11/h3,12-13H,4-5H2,1-2H3. The summed E-state index contributed by atoms with van der Waals surface area (Å²) in [5.41, 5.74) is 3.80. The normalized spacial score (nSPS) is 10.5. The fourth-order valence-corrected chi connectivity index (χ4v) is 1.83. The molecule has 72 valence electrons. The molecule has 0 aromatic heterocycles. The Hall–Kier alpha value is -0.380. The molecule has 0 aliphatic heterocycles. The molecule has 0 heterocycles. The van der Waals surface area contributed by atoms with Crippen molar-refractivity contribution in [2.24, 2.45) is 0 Å². The number of rotatable bonds is 2. The van der Waals surface area contributed by atoms with E-state index in [0.717, 1.165) is 26.7 Å². The summed E-state index contributed by atoms with van der Waals surface area (Å²) < 4.78 is 0.975. The number of aliphatic hydroxyl groups excluding tert-OH is 2. The van der Waals surface area contributed by atoms with Gasteiger partial charge in [-0.05, 0) is 36.1 Å². The molecule has 2 nitrogen and oxygen atoms in total. The predicted molar refractivity (Wildman–Crippen MR) is 55.5 cm³/mol. The number of benzene rings is 1. The third-order valence-electron chi connectivity index (χ3n) is 2.31. The molecule has 3 heteroatoms. The highest BCUT2D eigenvalue weighted by Crippen LogP contribution is 2.27. The van der Waals surface area contributed by atoms with Gasteiger partial charge in [-0.2, -0.15) is 0 Å². The number of halogens is 1. The van der Waals surface area contributed by atoms with Crippen molar-refractivity contribution in [2.75, 3.05) is 0 Å². The van der Waals surface area contributed by atoms with Gasteiger partial charge in [0.25, 0.3) is 0 Å². The molecule has 1 aromatic rings. The van der Waals surface area contributed by atoms with Gasteiger partial charge >= 0.3 is 0 Å². The van der Waals surface area contributed by atoms with Crippen LogP contribution in [-0.2, 0) is 13.2 Å². The van der Waals surface area contributed by atoms with Gasteiger partial charge in [0.1, 0.15) is 0 Å². The minimum absolute atomic E-state index is 0.0116. The molecule has 1 rings (SSSR count). The molecule has 0 aliphatic rings. The summed E-state index contributed by atoms with van der Waals surface area (Å²) in [6, 6.07) is 1.84. The van der Waals surface area contributed by atoms with Gasteiger partial charge in [0.05, 0.1) is 13.2 Å². The van der Waals surface area contributed by atoms with E-state index in [2.05, 4.69) is 15.9 Å². The molecule has 0 aliphatic carbocycles. The highest BCUT2D eigenvalue weighted by molar-refractivity contribution is 9.10. The zero-order chi connectivity index (χ0) is 10.0. The molecule has 1 aromatic carbocycles. The van der Waals surface area contributed by atoms with E-state index < -0.39 is 0 Å². The number of aliphatic hydroxyl groups is 2. The molecule has 0 amide bonds. The first-order valence-electron chi connectivity index (χ1n) is 4.11. The average molecular weight is 245 g/mol. The Labute approximate surface area is 86.3 Å². The molecule has 0 bridgehead atoms. The van der Waals surface area contributed by atoms with E-state index in [1.165, 1.54) is 0 Å². The Morgan fingerprint density at radius 2 is 1.46 bits per heavy atom. The van der Waals surface area contributed by atoms with Crippen LogP contribution in [0.25, 0.3) is 0 Å². The van der Waals surface area contributed by atoms with Crippen molar-refractivity contribution in [3.63, 3.8) is 0 Å². The van der Waals surface area contributed by atoms with Crippen LogP contribution in [0.2, 0.25) is 0 Å². The second kappa shape index (κ2) is 4.22. The van der Waals surface area contributed by atoms with Crippen molar-refractivity contribution >= 4 is 15.9 Å². The zero-order valence-corrected chi connectivity index (χ0v) is 9.35. The fourth-order valence-electron chi connectivity index (χ4n) is 1.32. The molecule has 0 fully saturated rings. The Bertz CT molecular complexity index is 293. The van der Waals surface area contributed by atoms with Crippen LogP contribution in [0.5, 0.6) is 0 Å². The average Bonchev–Trinajstić information content (AvgIpc) is 2.15. The molecular formula is C10H13BrO2. The van der Waals surface area contributed by atoms with Gasteiger partial charge in [0, 0.05) is 4.47 Å². The first kappa shape index (κ1) is 10.7. The predicted octanol–water partition coefficient (Wildman–Crippen LogP) is 2.05. The number of hydrogen-bond acceptors (Lipinski definition) is 2. The van der Waals surface area contributed by atoms with Crippen LogP contribution in [0.4, 0.5) is 0 Å². The minimum atomic E-state index is 0.0116. The highest BCUT2D eigenvalue weighted by atomic mass is 79.9. The summed E-state index contributed by atoms with van der Waals surface area (Å²) in [4.78, 5) is 0. The molecule has 2 N–H and O–H groups in total. The lowest BCUT2D eigenvalue weighted by atomic mass is 10.0. The van der Waals surface area contributed by atoms with Crippen molar-refractivity contribution < 1.29 is 10.2 Å². The van der Waals surface area contributed by atoms with Gasteiger partial charge in [-0.1, -0.05) is 22.0 Å². The second-order valence-electron chi connectivity index (χ2n) is 3.08. The van der Waals surface area contributed by atoms with Crippen LogP contribution in [0, 0.1) is 13.8 Å². The lowest BCUT2D eigenvalue weighted by Crippen LogP contribution is -1.98. The molecule has 0 radical (unpaired) electrons. The van der Waals surface area contributed by atoms with Crippen molar-refractivity contribution in [2.45, 2.75) is 27.1 Å². The van der Waals surface area contributed by atoms with Crippen LogP contribution in [0.1, 0.15) is 22.3 Å². The van der Waals surface area contributed by atoms with E-state index in [0.29, 0.717) is 0 Å². The first-order chi connectivity index (χ1) is 6.11. The Morgan fingerprint density at radius 1 is 1.08 bits per heavy atom. The third kappa shape index (κ3) is 1.93. The Kier molecular flexibility index (Phi) is 3.47. The SMILES string of the molecule is Cc1c(CO)cc(CO)c(C)c1Br. The largest absolute Gasteiger partial charge is 0.392 e. The summed E-state index contributed by atoms with van der Waals surface area (Å²) in [5.74, 6) is 0. The summed E-state index contributed by atoms with van der Waals surface area (Å²) in [5, 5.41) is 18.1. The maximum Gasteiger partial charge on any atom is 0.0684 e. The molecule has 0 spiro atoms.